The number of amides is 1. The quantitative estimate of drug-likeness (QED) is 0.867. The molecule has 0 radical (unpaired) electrons. The zero-order valence-corrected chi connectivity index (χ0v) is 13.7. The summed E-state index contributed by atoms with van der Waals surface area (Å²) < 4.78 is 0. The fraction of sp³-hybridized carbons (Fsp3) is 0.944. The lowest BCUT2D eigenvalue weighted by atomic mass is 9.67. The van der Waals surface area contributed by atoms with Gasteiger partial charge in [-0.25, -0.2) is 0 Å². The highest BCUT2D eigenvalue weighted by molar-refractivity contribution is 5.78. The molecule has 1 aliphatic heterocycles. The van der Waals surface area contributed by atoms with Crippen molar-refractivity contribution in [3.05, 3.63) is 0 Å². The van der Waals surface area contributed by atoms with E-state index in [0.29, 0.717) is 5.91 Å². The summed E-state index contributed by atoms with van der Waals surface area (Å²) in [7, 11) is 2.04. The zero-order valence-electron chi connectivity index (χ0n) is 13.7. The molecule has 1 saturated heterocycles. The number of fused-ring (bicyclic) bond motifs is 1. The average Bonchev–Trinajstić information content (AvgIpc) is 2.55. The van der Waals surface area contributed by atoms with E-state index >= 15 is 0 Å². The highest BCUT2D eigenvalue weighted by Crippen LogP contribution is 2.42. The van der Waals surface area contributed by atoms with Crippen molar-refractivity contribution in [1.29, 1.82) is 0 Å². The van der Waals surface area contributed by atoms with Crippen LogP contribution in [0.25, 0.3) is 0 Å². The van der Waals surface area contributed by atoms with Gasteiger partial charge in [0, 0.05) is 19.5 Å². The maximum absolute atomic E-state index is 12.6. The molecule has 3 unspecified atom stereocenters. The minimum Gasteiger partial charge on any atom is -0.345 e. The van der Waals surface area contributed by atoms with E-state index in [1.165, 1.54) is 44.9 Å². The van der Waals surface area contributed by atoms with E-state index in [2.05, 4.69) is 10.2 Å². The molecule has 3 nitrogen and oxygen atoms in total. The second-order valence-electron chi connectivity index (χ2n) is 7.73. The largest absolute Gasteiger partial charge is 0.345 e. The van der Waals surface area contributed by atoms with Crippen LogP contribution in [0, 0.1) is 23.7 Å². The number of rotatable bonds is 3. The van der Waals surface area contributed by atoms with Crippen LogP contribution in [0.3, 0.4) is 0 Å². The molecule has 1 heterocycles. The van der Waals surface area contributed by atoms with Crippen molar-refractivity contribution in [2.45, 2.75) is 57.8 Å². The first-order chi connectivity index (χ1) is 10.2. The number of nitrogens with one attached hydrogen (secondary N) is 1. The molecule has 120 valence electrons. The molecule has 3 heteroatoms. The number of carbonyl (C=O) groups excluding carboxylic acids is 1. The van der Waals surface area contributed by atoms with Crippen LogP contribution in [-0.2, 0) is 4.79 Å². The molecule has 3 fully saturated rings. The molecule has 3 atom stereocenters. The molecule has 3 rings (SSSR count). The molecule has 1 N–H and O–H groups in total. The van der Waals surface area contributed by atoms with Gasteiger partial charge in [0.25, 0.3) is 0 Å². The Hall–Kier alpha value is -0.570. The summed E-state index contributed by atoms with van der Waals surface area (Å²) in [5, 5.41) is 3.35. The van der Waals surface area contributed by atoms with Crippen molar-refractivity contribution in [1.82, 2.24) is 10.2 Å². The molecular weight excluding hydrogens is 260 g/mol. The van der Waals surface area contributed by atoms with Crippen molar-refractivity contribution in [3.8, 4) is 0 Å². The Morgan fingerprint density at radius 3 is 2.48 bits per heavy atom. The van der Waals surface area contributed by atoms with E-state index in [1.54, 1.807) is 0 Å². The second kappa shape index (κ2) is 7.13. The third-order valence-corrected chi connectivity index (χ3v) is 6.24. The molecule has 3 aliphatic rings. The first-order valence-corrected chi connectivity index (χ1v) is 9.19. The average molecular weight is 292 g/mol. The van der Waals surface area contributed by atoms with E-state index in [0.717, 1.165) is 50.2 Å². The summed E-state index contributed by atoms with van der Waals surface area (Å²) in [5.74, 6) is 3.44. The molecule has 1 amide bonds. The van der Waals surface area contributed by atoms with Crippen molar-refractivity contribution in [2.24, 2.45) is 23.7 Å². The number of hydrogen-bond acceptors (Lipinski definition) is 2. The molecule has 21 heavy (non-hydrogen) atoms. The topological polar surface area (TPSA) is 32.3 Å². The SMILES string of the molecule is CN(CC1CCC2CCCCC2C1)C(=O)C1CCNCC1. The molecule has 2 saturated carbocycles. The predicted octanol–water partition coefficient (Wildman–Crippen LogP) is 3.05. The van der Waals surface area contributed by atoms with Crippen LogP contribution in [0.1, 0.15) is 57.8 Å². The number of nitrogens with zero attached hydrogens (tertiary/aromatic N) is 1. The Morgan fingerprint density at radius 2 is 1.71 bits per heavy atom. The van der Waals surface area contributed by atoms with Crippen molar-refractivity contribution < 1.29 is 4.79 Å². The van der Waals surface area contributed by atoms with Crippen LogP contribution < -0.4 is 5.32 Å². The molecule has 0 bridgehead atoms. The summed E-state index contributed by atoms with van der Waals surface area (Å²) in [4.78, 5) is 14.6. The molecule has 0 aromatic rings. The van der Waals surface area contributed by atoms with Crippen LogP contribution in [-0.4, -0.2) is 37.5 Å². The number of carbonyl (C=O) groups is 1. The normalized spacial score (nSPS) is 34.2. The fourth-order valence-corrected chi connectivity index (χ4v) is 4.99. The van der Waals surface area contributed by atoms with Gasteiger partial charge in [0.15, 0.2) is 0 Å². The van der Waals surface area contributed by atoms with Gasteiger partial charge >= 0.3 is 0 Å². The van der Waals surface area contributed by atoms with Gasteiger partial charge in [0.1, 0.15) is 0 Å². The minimum atomic E-state index is 0.280. The lowest BCUT2D eigenvalue weighted by Crippen LogP contribution is -2.42. The molecule has 0 aromatic carbocycles. The van der Waals surface area contributed by atoms with Crippen molar-refractivity contribution in [3.63, 3.8) is 0 Å². The maximum atomic E-state index is 12.6. The van der Waals surface area contributed by atoms with E-state index in [4.69, 9.17) is 0 Å². The summed E-state index contributed by atoms with van der Waals surface area (Å²) in [6.45, 7) is 3.03. The lowest BCUT2D eigenvalue weighted by Gasteiger charge is -2.40. The smallest absolute Gasteiger partial charge is 0.225 e. The summed E-state index contributed by atoms with van der Waals surface area (Å²) in [5.41, 5.74) is 0. The third kappa shape index (κ3) is 3.80. The lowest BCUT2D eigenvalue weighted by molar-refractivity contribution is -0.135. The summed E-state index contributed by atoms with van der Waals surface area (Å²) >= 11 is 0. The van der Waals surface area contributed by atoms with Crippen LogP contribution in [0.4, 0.5) is 0 Å². The van der Waals surface area contributed by atoms with Gasteiger partial charge in [0.2, 0.25) is 5.91 Å². The minimum absolute atomic E-state index is 0.280. The number of piperidine rings is 1. The highest BCUT2D eigenvalue weighted by atomic mass is 16.2. The van der Waals surface area contributed by atoms with Gasteiger partial charge in [-0.15, -0.1) is 0 Å². The van der Waals surface area contributed by atoms with E-state index in [-0.39, 0.29) is 5.92 Å². The van der Waals surface area contributed by atoms with Crippen LogP contribution in [0.5, 0.6) is 0 Å². The van der Waals surface area contributed by atoms with E-state index in [1.807, 2.05) is 7.05 Å². The van der Waals surface area contributed by atoms with Gasteiger partial charge in [-0.2, -0.15) is 0 Å². The first kappa shape index (κ1) is 15.3. The Bertz CT molecular complexity index is 351. The predicted molar refractivity (Wildman–Crippen MR) is 86.0 cm³/mol. The Morgan fingerprint density at radius 1 is 1.00 bits per heavy atom. The van der Waals surface area contributed by atoms with Gasteiger partial charge < -0.3 is 10.2 Å². The second-order valence-corrected chi connectivity index (χ2v) is 7.73. The summed E-state index contributed by atoms with van der Waals surface area (Å²) in [6, 6.07) is 0. The molecule has 0 aromatic heterocycles. The van der Waals surface area contributed by atoms with Crippen LogP contribution in [0.15, 0.2) is 0 Å². The first-order valence-electron chi connectivity index (χ1n) is 9.19. The molecule has 0 spiro atoms. The Kier molecular flexibility index (Phi) is 5.20. The fourth-order valence-electron chi connectivity index (χ4n) is 4.99. The monoisotopic (exact) mass is 292 g/mol. The highest BCUT2D eigenvalue weighted by Gasteiger charge is 2.33. The van der Waals surface area contributed by atoms with Gasteiger partial charge in [0.05, 0.1) is 0 Å². The van der Waals surface area contributed by atoms with Crippen LogP contribution >= 0.6 is 0 Å². The van der Waals surface area contributed by atoms with Gasteiger partial charge in [-0.3, -0.25) is 4.79 Å². The van der Waals surface area contributed by atoms with Crippen LogP contribution in [0.2, 0.25) is 0 Å². The van der Waals surface area contributed by atoms with Gasteiger partial charge in [-0.05, 0) is 62.9 Å². The maximum Gasteiger partial charge on any atom is 0.225 e. The number of hydrogen-bond donors (Lipinski definition) is 1. The molecule has 2 aliphatic carbocycles. The van der Waals surface area contributed by atoms with E-state index in [9.17, 15) is 4.79 Å². The Labute approximate surface area is 129 Å². The van der Waals surface area contributed by atoms with Crippen molar-refractivity contribution in [2.75, 3.05) is 26.7 Å². The van der Waals surface area contributed by atoms with Crippen molar-refractivity contribution >= 4 is 5.91 Å². The zero-order chi connectivity index (χ0) is 14.7. The Balaban J connectivity index is 1.48. The summed E-state index contributed by atoms with van der Waals surface area (Å²) in [6.07, 6.45) is 12.0. The standard InChI is InChI=1S/C18H32N2O/c1-20(18(21)16-8-10-19-11-9-16)13-14-6-7-15-4-2-3-5-17(15)12-14/h14-17,19H,2-13H2,1H3. The van der Waals surface area contributed by atoms with Gasteiger partial charge in [-0.1, -0.05) is 25.7 Å². The third-order valence-electron chi connectivity index (χ3n) is 6.24. The van der Waals surface area contributed by atoms with E-state index < -0.39 is 0 Å². The molecular formula is C18H32N2O.